The third-order valence-corrected chi connectivity index (χ3v) is 2.90. The summed E-state index contributed by atoms with van der Waals surface area (Å²) in [6.07, 6.45) is 3.95. The van der Waals surface area contributed by atoms with Crippen molar-refractivity contribution in [3.8, 4) is 0 Å². The first-order valence-corrected chi connectivity index (χ1v) is 5.43. The van der Waals surface area contributed by atoms with Crippen molar-refractivity contribution in [2.24, 2.45) is 0 Å². The van der Waals surface area contributed by atoms with Gasteiger partial charge in [0.15, 0.2) is 0 Å². The average molecular weight is 189 g/mol. The molecule has 0 aliphatic carbocycles. The summed E-state index contributed by atoms with van der Waals surface area (Å²) in [6, 6.07) is 8.54. The Hall–Kier alpha value is -1.02. The van der Waals surface area contributed by atoms with Crippen LogP contribution in [0.25, 0.3) is 10.8 Å². The third-order valence-electron chi connectivity index (χ3n) is 2.17. The number of hydrogen-bond donors (Lipinski definition) is 0. The minimum Gasteiger partial charge on any atom is -0.261 e. The fraction of sp³-hybridized carbons (Fsp3) is 0.182. The Labute approximate surface area is 82.2 Å². The molecule has 0 N–H and O–H groups in total. The Morgan fingerprint density at radius 3 is 2.85 bits per heavy atom. The Bertz CT molecular complexity index is 437. The van der Waals surface area contributed by atoms with Crippen molar-refractivity contribution in [1.82, 2.24) is 4.98 Å². The van der Waals surface area contributed by atoms with Gasteiger partial charge in [0, 0.05) is 22.2 Å². The molecular formula is C11H11NS. The Morgan fingerprint density at radius 1 is 1.23 bits per heavy atom. The normalized spacial score (nSPS) is 10.6. The summed E-state index contributed by atoms with van der Waals surface area (Å²) in [6.45, 7) is 2.05. The second-order valence-corrected chi connectivity index (χ2v) is 3.86. The average Bonchev–Trinajstić information content (AvgIpc) is 2.18. The van der Waals surface area contributed by atoms with Crippen LogP contribution in [-0.4, -0.2) is 11.2 Å². The van der Waals surface area contributed by atoms with Gasteiger partial charge in [-0.15, -0.1) is 11.8 Å². The van der Waals surface area contributed by atoms with Gasteiger partial charge in [-0.1, -0.05) is 6.07 Å². The van der Waals surface area contributed by atoms with Gasteiger partial charge in [0.2, 0.25) is 0 Å². The predicted molar refractivity (Wildman–Crippen MR) is 58.3 cm³/mol. The molecule has 1 heterocycles. The lowest BCUT2D eigenvalue weighted by Crippen LogP contribution is -1.83. The molecule has 2 rings (SSSR count). The van der Waals surface area contributed by atoms with Crippen molar-refractivity contribution in [3.05, 3.63) is 36.2 Å². The number of nitrogens with zero attached hydrogens (tertiary/aromatic N) is 1. The maximum Gasteiger partial charge on any atom is 0.0451 e. The van der Waals surface area contributed by atoms with Gasteiger partial charge in [-0.2, -0.15) is 0 Å². The molecule has 0 radical (unpaired) electrons. The number of fused-ring (bicyclic) bond motifs is 1. The highest BCUT2D eigenvalue weighted by Crippen LogP contribution is 2.22. The number of hydrogen-bond acceptors (Lipinski definition) is 2. The zero-order valence-corrected chi connectivity index (χ0v) is 8.56. The Morgan fingerprint density at radius 2 is 2.08 bits per heavy atom. The molecule has 1 nitrogen and oxygen atoms in total. The van der Waals surface area contributed by atoms with Crippen molar-refractivity contribution < 1.29 is 0 Å². The molecule has 0 bridgehead atoms. The molecule has 0 fully saturated rings. The third kappa shape index (κ3) is 1.54. The van der Waals surface area contributed by atoms with Gasteiger partial charge in [-0.05, 0) is 36.8 Å². The molecule has 0 aliphatic rings. The molecular weight excluding hydrogens is 178 g/mol. The molecule has 0 amide bonds. The summed E-state index contributed by atoms with van der Waals surface area (Å²) in [4.78, 5) is 5.57. The van der Waals surface area contributed by atoms with Crippen LogP contribution in [0.5, 0.6) is 0 Å². The lowest BCUT2D eigenvalue weighted by Gasteiger charge is -2.02. The van der Waals surface area contributed by atoms with Gasteiger partial charge in [-0.25, -0.2) is 0 Å². The molecule has 0 aliphatic heterocycles. The van der Waals surface area contributed by atoms with Crippen LogP contribution < -0.4 is 0 Å². The Kier molecular flexibility index (Phi) is 2.23. The van der Waals surface area contributed by atoms with Crippen LogP contribution >= 0.6 is 11.8 Å². The lowest BCUT2D eigenvalue weighted by atomic mass is 10.1. The van der Waals surface area contributed by atoms with E-state index in [0.717, 1.165) is 5.69 Å². The lowest BCUT2D eigenvalue weighted by molar-refractivity contribution is 1.23. The van der Waals surface area contributed by atoms with Gasteiger partial charge in [0.1, 0.15) is 0 Å². The minimum absolute atomic E-state index is 1.11. The largest absolute Gasteiger partial charge is 0.261 e. The van der Waals surface area contributed by atoms with Crippen molar-refractivity contribution >= 4 is 22.5 Å². The number of aryl methyl sites for hydroxylation is 1. The molecule has 1 aromatic carbocycles. The maximum absolute atomic E-state index is 4.27. The van der Waals surface area contributed by atoms with Gasteiger partial charge in [0.05, 0.1) is 0 Å². The molecule has 0 saturated heterocycles. The summed E-state index contributed by atoms with van der Waals surface area (Å²) in [5.41, 5.74) is 1.11. The number of thioether (sulfide) groups is 1. The predicted octanol–water partition coefficient (Wildman–Crippen LogP) is 3.27. The number of pyridine rings is 1. The van der Waals surface area contributed by atoms with Crippen molar-refractivity contribution in [3.63, 3.8) is 0 Å². The molecule has 2 aromatic rings. The zero-order chi connectivity index (χ0) is 9.26. The maximum atomic E-state index is 4.27. The molecule has 1 aromatic heterocycles. The van der Waals surface area contributed by atoms with Crippen LogP contribution in [0.3, 0.4) is 0 Å². The van der Waals surface area contributed by atoms with Crippen LogP contribution in [0.2, 0.25) is 0 Å². The molecule has 0 atom stereocenters. The highest BCUT2D eigenvalue weighted by atomic mass is 32.2. The van der Waals surface area contributed by atoms with Gasteiger partial charge < -0.3 is 0 Å². The molecule has 0 saturated carbocycles. The summed E-state index contributed by atoms with van der Waals surface area (Å²) < 4.78 is 0. The molecule has 0 spiro atoms. The molecule has 66 valence electrons. The van der Waals surface area contributed by atoms with Crippen molar-refractivity contribution in [2.75, 3.05) is 6.26 Å². The van der Waals surface area contributed by atoms with E-state index in [1.807, 2.05) is 19.2 Å². The monoisotopic (exact) mass is 189 g/mol. The minimum atomic E-state index is 1.11. The van der Waals surface area contributed by atoms with Gasteiger partial charge in [0.25, 0.3) is 0 Å². The van der Waals surface area contributed by atoms with E-state index in [2.05, 4.69) is 29.4 Å². The molecule has 0 unspecified atom stereocenters. The fourth-order valence-corrected chi connectivity index (χ4v) is 1.86. The van der Waals surface area contributed by atoms with Crippen LogP contribution in [-0.2, 0) is 0 Å². The highest BCUT2D eigenvalue weighted by molar-refractivity contribution is 7.98. The first-order chi connectivity index (χ1) is 6.31. The van der Waals surface area contributed by atoms with E-state index in [0.29, 0.717) is 0 Å². The van der Waals surface area contributed by atoms with Gasteiger partial charge in [-0.3, -0.25) is 4.98 Å². The van der Waals surface area contributed by atoms with E-state index < -0.39 is 0 Å². The van der Waals surface area contributed by atoms with E-state index >= 15 is 0 Å². The number of rotatable bonds is 1. The molecule has 13 heavy (non-hydrogen) atoms. The van der Waals surface area contributed by atoms with Crippen LogP contribution in [0.15, 0.2) is 35.4 Å². The summed E-state index contributed by atoms with van der Waals surface area (Å²) in [7, 11) is 0. The van der Waals surface area contributed by atoms with Crippen LogP contribution in [0, 0.1) is 6.92 Å². The molecule has 2 heteroatoms. The van der Waals surface area contributed by atoms with Crippen LogP contribution in [0.1, 0.15) is 5.69 Å². The first kappa shape index (κ1) is 8.57. The summed E-state index contributed by atoms with van der Waals surface area (Å²) >= 11 is 1.76. The van der Waals surface area contributed by atoms with E-state index in [9.17, 15) is 0 Å². The zero-order valence-electron chi connectivity index (χ0n) is 7.74. The number of benzene rings is 1. The first-order valence-electron chi connectivity index (χ1n) is 4.20. The van der Waals surface area contributed by atoms with E-state index in [1.165, 1.54) is 15.7 Å². The second-order valence-electron chi connectivity index (χ2n) is 2.98. The summed E-state index contributed by atoms with van der Waals surface area (Å²) in [5.74, 6) is 0. The van der Waals surface area contributed by atoms with E-state index in [4.69, 9.17) is 0 Å². The highest BCUT2D eigenvalue weighted by Gasteiger charge is 1.98. The smallest absolute Gasteiger partial charge is 0.0451 e. The van der Waals surface area contributed by atoms with E-state index in [1.54, 1.807) is 11.8 Å². The summed E-state index contributed by atoms with van der Waals surface area (Å²) in [5, 5.41) is 2.53. The standard InChI is InChI=1S/C11H11NS/c1-8-11-7-10(13-2)4-3-9(11)5-6-12-8/h3-7H,1-2H3. The quantitative estimate of drug-likeness (QED) is 0.639. The van der Waals surface area contributed by atoms with Crippen molar-refractivity contribution in [2.45, 2.75) is 11.8 Å². The fourth-order valence-electron chi connectivity index (χ4n) is 1.42. The van der Waals surface area contributed by atoms with E-state index in [-0.39, 0.29) is 0 Å². The van der Waals surface area contributed by atoms with Gasteiger partial charge >= 0.3 is 0 Å². The van der Waals surface area contributed by atoms with Crippen molar-refractivity contribution in [1.29, 1.82) is 0 Å². The Balaban J connectivity index is 2.74. The SMILES string of the molecule is CSc1ccc2ccnc(C)c2c1. The number of aromatic nitrogens is 1. The second kappa shape index (κ2) is 3.38. The van der Waals surface area contributed by atoms with Crippen LogP contribution in [0.4, 0.5) is 0 Å². The topological polar surface area (TPSA) is 12.9 Å².